The maximum absolute atomic E-state index is 11.8. The molecular weight excluding hydrogens is 334 g/mol. The van der Waals surface area contributed by atoms with Gasteiger partial charge in [0.15, 0.2) is 0 Å². The zero-order chi connectivity index (χ0) is 18.4. The summed E-state index contributed by atoms with van der Waals surface area (Å²) in [4.78, 5) is 28.9. The molecule has 1 unspecified atom stereocenters. The van der Waals surface area contributed by atoms with Crippen molar-refractivity contribution in [1.29, 1.82) is 0 Å². The molecule has 0 aliphatic heterocycles. The highest BCUT2D eigenvalue weighted by Gasteiger charge is 2.11. The smallest absolute Gasteiger partial charge is 0.228 e. The number of carbonyl (C=O) groups is 2. The molecule has 1 aromatic carbocycles. The molecule has 134 valence electrons. The first kappa shape index (κ1) is 19.1. The molecule has 1 aromatic heterocycles. The molecule has 2 amide bonds. The van der Waals surface area contributed by atoms with E-state index in [0.29, 0.717) is 6.42 Å². The van der Waals surface area contributed by atoms with E-state index in [4.69, 9.17) is 0 Å². The molecule has 25 heavy (non-hydrogen) atoms. The number of rotatable bonds is 7. The van der Waals surface area contributed by atoms with Crippen LogP contribution in [0.5, 0.6) is 0 Å². The van der Waals surface area contributed by atoms with Gasteiger partial charge in [0.1, 0.15) is 5.01 Å². The summed E-state index contributed by atoms with van der Waals surface area (Å²) in [6.45, 7) is 3.56. The van der Waals surface area contributed by atoms with Crippen LogP contribution in [0.3, 0.4) is 0 Å². The molecular formula is C19H25N3O2S. The third kappa shape index (κ3) is 5.98. The van der Waals surface area contributed by atoms with Crippen molar-refractivity contribution < 1.29 is 9.59 Å². The number of hydrogen-bond donors (Lipinski definition) is 1. The summed E-state index contributed by atoms with van der Waals surface area (Å²) < 4.78 is 0. The molecule has 0 aliphatic carbocycles. The van der Waals surface area contributed by atoms with Gasteiger partial charge in [0.05, 0.1) is 12.1 Å². The van der Waals surface area contributed by atoms with Crippen LogP contribution in [0.2, 0.25) is 0 Å². The summed E-state index contributed by atoms with van der Waals surface area (Å²) in [5, 5.41) is 5.73. The van der Waals surface area contributed by atoms with E-state index in [0.717, 1.165) is 29.1 Å². The fourth-order valence-corrected chi connectivity index (χ4v) is 3.25. The highest BCUT2D eigenvalue weighted by molar-refractivity contribution is 7.10. The topological polar surface area (TPSA) is 62.3 Å². The lowest BCUT2D eigenvalue weighted by molar-refractivity contribution is -0.128. The first-order chi connectivity index (χ1) is 11.8. The Morgan fingerprint density at radius 3 is 2.52 bits per heavy atom. The zero-order valence-corrected chi connectivity index (χ0v) is 16.0. The molecule has 0 saturated heterocycles. The van der Waals surface area contributed by atoms with E-state index in [-0.39, 0.29) is 17.9 Å². The van der Waals surface area contributed by atoms with Gasteiger partial charge in [-0.15, -0.1) is 11.3 Å². The number of carbonyl (C=O) groups excluding carboxylic acids is 2. The summed E-state index contributed by atoms with van der Waals surface area (Å²) in [5.74, 6) is 0.0690. The second-order valence-electron chi connectivity index (χ2n) is 6.43. The van der Waals surface area contributed by atoms with Gasteiger partial charge in [-0.1, -0.05) is 24.3 Å². The van der Waals surface area contributed by atoms with Crippen molar-refractivity contribution in [2.75, 3.05) is 14.1 Å². The zero-order valence-electron chi connectivity index (χ0n) is 15.2. The number of amides is 2. The highest BCUT2D eigenvalue weighted by atomic mass is 32.1. The van der Waals surface area contributed by atoms with Gasteiger partial charge in [-0.25, -0.2) is 4.98 Å². The molecule has 1 atom stereocenters. The first-order valence-electron chi connectivity index (χ1n) is 8.36. The normalized spacial score (nSPS) is 11.8. The van der Waals surface area contributed by atoms with Crippen LogP contribution in [0.15, 0.2) is 29.6 Å². The van der Waals surface area contributed by atoms with E-state index in [1.54, 1.807) is 25.9 Å². The lowest BCUT2D eigenvalue weighted by Crippen LogP contribution is -2.30. The van der Waals surface area contributed by atoms with Crippen molar-refractivity contribution in [2.24, 2.45) is 0 Å². The second kappa shape index (κ2) is 8.76. The number of nitrogens with one attached hydrogen (secondary N) is 1. The van der Waals surface area contributed by atoms with Crippen LogP contribution in [-0.2, 0) is 22.4 Å². The minimum atomic E-state index is 0.00920. The molecule has 6 heteroatoms. The van der Waals surface area contributed by atoms with Gasteiger partial charge in [0, 0.05) is 38.0 Å². The number of hydrogen-bond acceptors (Lipinski definition) is 4. The molecule has 0 radical (unpaired) electrons. The lowest BCUT2D eigenvalue weighted by atomic mass is 10.0. The average Bonchev–Trinajstić information content (AvgIpc) is 3.01. The third-order valence-electron chi connectivity index (χ3n) is 3.92. The fourth-order valence-electron chi connectivity index (χ4n) is 2.46. The molecule has 1 heterocycles. The highest BCUT2D eigenvalue weighted by Crippen LogP contribution is 2.23. The van der Waals surface area contributed by atoms with Gasteiger partial charge < -0.3 is 10.2 Å². The molecule has 1 N–H and O–H groups in total. The summed E-state index contributed by atoms with van der Waals surface area (Å²) in [7, 11) is 3.50. The van der Waals surface area contributed by atoms with Crippen LogP contribution in [0.1, 0.15) is 30.8 Å². The molecule has 0 bridgehead atoms. The number of nitrogens with zero attached hydrogens (tertiary/aromatic N) is 2. The minimum absolute atomic E-state index is 0.00920. The van der Waals surface area contributed by atoms with Crippen LogP contribution >= 0.6 is 11.3 Å². The monoisotopic (exact) mass is 359 g/mol. The molecule has 2 aromatic rings. The molecule has 0 saturated carbocycles. The third-order valence-corrected chi connectivity index (χ3v) is 4.77. The Kier molecular flexibility index (Phi) is 6.70. The van der Waals surface area contributed by atoms with Crippen LogP contribution < -0.4 is 5.32 Å². The van der Waals surface area contributed by atoms with Gasteiger partial charge in [0.2, 0.25) is 11.8 Å². The van der Waals surface area contributed by atoms with Crippen LogP contribution in [-0.4, -0.2) is 41.8 Å². The van der Waals surface area contributed by atoms with Gasteiger partial charge in [-0.3, -0.25) is 9.59 Å². The maximum atomic E-state index is 11.8. The SMILES string of the molecule is CC(=O)NC(C)CCc1ccc(-c2csc(CC(=O)N(C)C)n2)cc1. The second-order valence-corrected chi connectivity index (χ2v) is 7.37. The van der Waals surface area contributed by atoms with Crippen LogP contribution in [0.4, 0.5) is 0 Å². The molecule has 5 nitrogen and oxygen atoms in total. The Morgan fingerprint density at radius 1 is 1.24 bits per heavy atom. The summed E-state index contributed by atoms with van der Waals surface area (Å²) in [6, 6.07) is 8.49. The van der Waals surface area contributed by atoms with Crippen molar-refractivity contribution in [1.82, 2.24) is 15.2 Å². The predicted octanol–water partition coefficient (Wildman–Crippen LogP) is 2.90. The van der Waals surface area contributed by atoms with E-state index in [9.17, 15) is 9.59 Å². The Labute approximate surface area is 153 Å². The quantitative estimate of drug-likeness (QED) is 0.827. The number of likely N-dealkylation sites (N-methyl/N-ethyl adjacent to an activating group) is 1. The van der Waals surface area contributed by atoms with Crippen molar-refractivity contribution in [3.63, 3.8) is 0 Å². The van der Waals surface area contributed by atoms with E-state index in [1.807, 2.05) is 12.3 Å². The van der Waals surface area contributed by atoms with E-state index < -0.39 is 0 Å². The van der Waals surface area contributed by atoms with Gasteiger partial charge in [0.25, 0.3) is 0 Å². The number of aromatic nitrogens is 1. The largest absolute Gasteiger partial charge is 0.354 e. The van der Waals surface area contributed by atoms with Crippen molar-refractivity contribution in [3.8, 4) is 11.3 Å². The van der Waals surface area contributed by atoms with Crippen LogP contribution in [0, 0.1) is 0 Å². The lowest BCUT2D eigenvalue weighted by Gasteiger charge is -2.12. The Hall–Kier alpha value is -2.21. The number of benzene rings is 1. The summed E-state index contributed by atoms with van der Waals surface area (Å²) in [5.41, 5.74) is 3.20. The van der Waals surface area contributed by atoms with Crippen LogP contribution in [0.25, 0.3) is 11.3 Å². The predicted molar refractivity (Wildman–Crippen MR) is 102 cm³/mol. The Balaban J connectivity index is 1.95. The Morgan fingerprint density at radius 2 is 1.92 bits per heavy atom. The number of aryl methyl sites for hydroxylation is 1. The van der Waals surface area contributed by atoms with Gasteiger partial charge in [-0.05, 0) is 25.3 Å². The van der Waals surface area contributed by atoms with Gasteiger partial charge in [-0.2, -0.15) is 0 Å². The average molecular weight is 359 g/mol. The first-order valence-corrected chi connectivity index (χ1v) is 9.24. The van der Waals surface area contributed by atoms with Crippen molar-refractivity contribution in [2.45, 2.75) is 39.2 Å². The maximum Gasteiger partial charge on any atom is 0.228 e. The summed E-state index contributed by atoms with van der Waals surface area (Å²) >= 11 is 1.52. The standard InChI is InChI=1S/C19H25N3O2S/c1-13(20-14(2)23)5-6-15-7-9-16(10-8-15)17-12-25-18(21-17)11-19(24)22(3)4/h7-10,12-13H,5-6,11H2,1-4H3,(H,20,23). The molecule has 0 spiro atoms. The van der Waals surface area contributed by atoms with Crippen molar-refractivity contribution in [3.05, 3.63) is 40.2 Å². The molecule has 0 fully saturated rings. The van der Waals surface area contributed by atoms with Crippen molar-refractivity contribution >= 4 is 23.2 Å². The van der Waals surface area contributed by atoms with E-state index >= 15 is 0 Å². The van der Waals surface area contributed by atoms with E-state index in [1.165, 1.54) is 16.9 Å². The summed E-state index contributed by atoms with van der Waals surface area (Å²) in [6.07, 6.45) is 2.17. The molecule has 2 rings (SSSR count). The van der Waals surface area contributed by atoms with E-state index in [2.05, 4.69) is 34.6 Å². The fraction of sp³-hybridized carbons (Fsp3) is 0.421. The molecule has 0 aliphatic rings. The Bertz CT molecular complexity index is 723. The van der Waals surface area contributed by atoms with Gasteiger partial charge >= 0.3 is 0 Å². The number of thiazole rings is 1. The minimum Gasteiger partial charge on any atom is -0.354 e.